The molecular weight excluding hydrogens is 364 g/mol. The van der Waals surface area contributed by atoms with Gasteiger partial charge in [-0.2, -0.15) is 0 Å². The number of carbonyl (C=O) groups is 2. The van der Waals surface area contributed by atoms with Gasteiger partial charge in [-0.15, -0.1) is 0 Å². The maximum absolute atomic E-state index is 13.2. The molecule has 0 spiro atoms. The Kier molecular flexibility index (Phi) is 6.70. The van der Waals surface area contributed by atoms with Gasteiger partial charge in [-0.05, 0) is 38.5 Å². The minimum absolute atomic E-state index is 0.0648. The van der Waals surface area contributed by atoms with E-state index in [-0.39, 0.29) is 11.8 Å². The predicted molar refractivity (Wildman–Crippen MR) is 115 cm³/mol. The third-order valence-corrected chi connectivity index (χ3v) is 5.58. The maximum atomic E-state index is 13.2. The van der Waals surface area contributed by atoms with Crippen molar-refractivity contribution in [2.45, 2.75) is 64.6 Å². The zero-order valence-corrected chi connectivity index (χ0v) is 17.4. The van der Waals surface area contributed by atoms with Crippen LogP contribution in [-0.2, 0) is 4.79 Å². The van der Waals surface area contributed by atoms with Crippen LogP contribution in [0.3, 0.4) is 0 Å². The van der Waals surface area contributed by atoms with Crippen LogP contribution in [0.2, 0.25) is 0 Å². The van der Waals surface area contributed by atoms with Crippen LogP contribution in [-0.4, -0.2) is 29.1 Å². The van der Waals surface area contributed by atoms with E-state index in [1.807, 2.05) is 50.2 Å². The molecule has 0 radical (unpaired) electrons. The average molecular weight is 395 g/mol. The first kappa shape index (κ1) is 21.1. The van der Waals surface area contributed by atoms with E-state index in [0.29, 0.717) is 12.0 Å². The molecule has 154 valence electrons. The first-order valence-corrected chi connectivity index (χ1v) is 10.4. The lowest BCUT2D eigenvalue weighted by Crippen LogP contribution is -2.55. The van der Waals surface area contributed by atoms with Gasteiger partial charge in [0.25, 0.3) is 5.91 Å². The highest BCUT2D eigenvalue weighted by Crippen LogP contribution is 2.39. The molecule has 0 saturated heterocycles. The van der Waals surface area contributed by atoms with Gasteiger partial charge < -0.3 is 15.3 Å². The fraction of sp³-hybridized carbons (Fsp3) is 0.417. The zero-order chi connectivity index (χ0) is 21.0. The van der Waals surface area contributed by atoms with Crippen LogP contribution in [0.1, 0.15) is 67.1 Å². The molecule has 2 N–H and O–H groups in total. The molecule has 1 aliphatic heterocycles. The van der Waals surface area contributed by atoms with Gasteiger partial charge in [0, 0.05) is 23.2 Å². The minimum atomic E-state index is -0.896. The molecule has 3 rings (SSSR count). The number of hydrogen-bond acceptors (Lipinski definition) is 3. The fourth-order valence-electron chi connectivity index (χ4n) is 3.94. The molecule has 0 unspecified atom stereocenters. The number of nitrogens with one attached hydrogen (secondary N) is 1. The van der Waals surface area contributed by atoms with Crippen molar-refractivity contribution < 1.29 is 14.7 Å². The molecule has 0 aromatic heterocycles. The number of amides is 2. The monoisotopic (exact) mass is 394 g/mol. The SMILES string of the molecule is CCCCCC(=O)N[C@@H]1c2cc(C)ccc2N(C(=O)c2ccccc2)[C@H](C)[C@@H]1O. The van der Waals surface area contributed by atoms with Crippen LogP contribution in [0.5, 0.6) is 0 Å². The summed E-state index contributed by atoms with van der Waals surface area (Å²) >= 11 is 0. The van der Waals surface area contributed by atoms with Crippen molar-refractivity contribution in [2.24, 2.45) is 0 Å². The molecule has 0 bridgehead atoms. The zero-order valence-electron chi connectivity index (χ0n) is 17.4. The summed E-state index contributed by atoms with van der Waals surface area (Å²) in [5.74, 6) is -0.222. The molecule has 2 aromatic rings. The van der Waals surface area contributed by atoms with Crippen molar-refractivity contribution in [1.82, 2.24) is 5.32 Å². The van der Waals surface area contributed by atoms with E-state index < -0.39 is 18.2 Å². The number of rotatable bonds is 6. The Balaban J connectivity index is 1.94. The summed E-state index contributed by atoms with van der Waals surface area (Å²) in [4.78, 5) is 27.3. The number of aryl methyl sites for hydroxylation is 1. The summed E-state index contributed by atoms with van der Waals surface area (Å²) in [6.07, 6.45) is 2.44. The van der Waals surface area contributed by atoms with Gasteiger partial charge in [-0.25, -0.2) is 0 Å². The van der Waals surface area contributed by atoms with E-state index >= 15 is 0 Å². The van der Waals surface area contributed by atoms with Crippen molar-refractivity contribution in [3.05, 3.63) is 65.2 Å². The number of aliphatic hydroxyl groups is 1. The first-order valence-electron chi connectivity index (χ1n) is 10.4. The summed E-state index contributed by atoms with van der Waals surface area (Å²) in [6.45, 7) is 5.89. The van der Waals surface area contributed by atoms with Gasteiger partial charge in [-0.3, -0.25) is 9.59 Å². The van der Waals surface area contributed by atoms with Crippen LogP contribution < -0.4 is 10.2 Å². The molecule has 0 fully saturated rings. The Morgan fingerprint density at radius 2 is 1.83 bits per heavy atom. The summed E-state index contributed by atoms with van der Waals surface area (Å²) in [5.41, 5.74) is 3.10. The van der Waals surface area contributed by atoms with Crippen LogP contribution in [0.15, 0.2) is 48.5 Å². The Labute approximate surface area is 172 Å². The Morgan fingerprint density at radius 1 is 1.10 bits per heavy atom. The van der Waals surface area contributed by atoms with E-state index in [4.69, 9.17) is 0 Å². The highest BCUT2D eigenvalue weighted by Gasteiger charge is 2.41. The normalized spacial score (nSPS) is 20.8. The van der Waals surface area contributed by atoms with E-state index in [2.05, 4.69) is 12.2 Å². The second-order valence-electron chi connectivity index (χ2n) is 7.84. The molecule has 29 heavy (non-hydrogen) atoms. The van der Waals surface area contributed by atoms with Crippen molar-refractivity contribution in [1.29, 1.82) is 0 Å². The number of nitrogens with zero attached hydrogens (tertiary/aromatic N) is 1. The van der Waals surface area contributed by atoms with Gasteiger partial charge in [0.2, 0.25) is 5.91 Å². The van der Waals surface area contributed by atoms with Crippen LogP contribution in [0.25, 0.3) is 0 Å². The third-order valence-electron chi connectivity index (χ3n) is 5.58. The molecule has 0 saturated carbocycles. The Bertz CT molecular complexity index is 866. The second kappa shape index (κ2) is 9.23. The fourth-order valence-corrected chi connectivity index (χ4v) is 3.94. The van der Waals surface area contributed by atoms with Crippen molar-refractivity contribution >= 4 is 17.5 Å². The van der Waals surface area contributed by atoms with E-state index in [9.17, 15) is 14.7 Å². The number of hydrogen-bond donors (Lipinski definition) is 2. The number of benzene rings is 2. The largest absolute Gasteiger partial charge is 0.388 e. The Hall–Kier alpha value is -2.66. The molecule has 1 aliphatic rings. The van der Waals surface area contributed by atoms with E-state index in [1.54, 1.807) is 17.0 Å². The third kappa shape index (κ3) is 4.51. The summed E-state index contributed by atoms with van der Waals surface area (Å²) in [7, 11) is 0. The van der Waals surface area contributed by atoms with Crippen LogP contribution in [0, 0.1) is 6.92 Å². The number of aliphatic hydroxyl groups excluding tert-OH is 1. The van der Waals surface area contributed by atoms with Crippen molar-refractivity contribution in [3.8, 4) is 0 Å². The second-order valence-corrected chi connectivity index (χ2v) is 7.84. The first-order chi connectivity index (χ1) is 13.9. The smallest absolute Gasteiger partial charge is 0.258 e. The van der Waals surface area contributed by atoms with Gasteiger partial charge in [0.05, 0.1) is 18.2 Å². The number of carbonyl (C=O) groups excluding carboxylic acids is 2. The molecule has 3 atom stereocenters. The maximum Gasteiger partial charge on any atom is 0.258 e. The highest BCUT2D eigenvalue weighted by molar-refractivity contribution is 6.07. The lowest BCUT2D eigenvalue weighted by atomic mass is 9.87. The summed E-state index contributed by atoms with van der Waals surface area (Å²) in [5, 5.41) is 14.1. The van der Waals surface area contributed by atoms with Gasteiger partial charge in [0.1, 0.15) is 0 Å². The lowest BCUT2D eigenvalue weighted by Gasteiger charge is -2.43. The molecule has 0 aliphatic carbocycles. The van der Waals surface area contributed by atoms with Gasteiger partial charge >= 0.3 is 0 Å². The van der Waals surface area contributed by atoms with Crippen molar-refractivity contribution in [3.63, 3.8) is 0 Å². The highest BCUT2D eigenvalue weighted by atomic mass is 16.3. The molecule has 2 amide bonds. The van der Waals surface area contributed by atoms with Gasteiger partial charge in [0.15, 0.2) is 0 Å². The summed E-state index contributed by atoms with van der Waals surface area (Å²) < 4.78 is 0. The molecule has 2 aromatic carbocycles. The average Bonchev–Trinajstić information content (AvgIpc) is 2.72. The number of fused-ring (bicyclic) bond motifs is 1. The van der Waals surface area contributed by atoms with Crippen LogP contribution in [0.4, 0.5) is 5.69 Å². The number of anilines is 1. The lowest BCUT2D eigenvalue weighted by molar-refractivity contribution is -0.123. The molecular formula is C24H30N2O3. The van der Waals surface area contributed by atoms with Gasteiger partial charge in [-0.1, -0.05) is 55.7 Å². The van der Waals surface area contributed by atoms with E-state index in [1.165, 1.54) is 0 Å². The number of unbranched alkanes of at least 4 members (excludes halogenated alkanes) is 2. The van der Waals surface area contributed by atoms with Crippen LogP contribution >= 0.6 is 0 Å². The molecule has 5 heteroatoms. The van der Waals surface area contributed by atoms with Crippen molar-refractivity contribution in [2.75, 3.05) is 4.90 Å². The molecule has 1 heterocycles. The standard InChI is InChI=1S/C24H30N2O3/c1-4-5-7-12-21(27)25-22-19-15-16(2)13-14-20(19)26(17(3)23(22)28)24(29)18-10-8-6-9-11-18/h6,8-11,13-15,17,22-23,28H,4-5,7,12H2,1-3H3,(H,25,27)/t17-,22-,23+/m1/s1. The Morgan fingerprint density at radius 3 is 2.52 bits per heavy atom. The topological polar surface area (TPSA) is 69.6 Å². The van der Waals surface area contributed by atoms with E-state index in [0.717, 1.165) is 36.1 Å². The predicted octanol–water partition coefficient (Wildman–Crippen LogP) is 4.14. The summed E-state index contributed by atoms with van der Waals surface area (Å²) in [6, 6.07) is 13.9. The quantitative estimate of drug-likeness (QED) is 0.724. The molecule has 5 nitrogen and oxygen atoms in total. The minimum Gasteiger partial charge on any atom is -0.388 e.